The molecule has 0 aliphatic heterocycles. The smallest absolute Gasteiger partial charge is 0.122 e. The molecule has 1 fully saturated rings. The minimum Gasteiger partial charge on any atom is -0.507 e. The Morgan fingerprint density at radius 1 is 1.53 bits per heavy atom. The second-order valence-corrected chi connectivity index (χ2v) is 4.41. The molecule has 1 nitrogen and oxygen atoms in total. The number of aromatic hydroxyl groups is 1. The summed E-state index contributed by atoms with van der Waals surface area (Å²) < 4.78 is 47.0. The van der Waals surface area contributed by atoms with Gasteiger partial charge in [0.1, 0.15) is 5.75 Å². The van der Waals surface area contributed by atoms with E-state index >= 15 is 0 Å². The average Bonchev–Trinajstić information content (AvgIpc) is 3.06. The molecule has 1 N–H and O–H groups in total. The number of hydrogen-bond acceptors (Lipinski definition) is 1. The summed E-state index contributed by atoms with van der Waals surface area (Å²) in [5, 5.41) is 10.5. The Morgan fingerprint density at radius 3 is 2.80 bits per heavy atom. The number of rotatable bonds is 3. The van der Waals surface area contributed by atoms with Crippen LogP contribution in [0.5, 0.6) is 5.75 Å². The summed E-state index contributed by atoms with van der Waals surface area (Å²) >= 11 is 0. The van der Waals surface area contributed by atoms with Crippen LogP contribution in [0.4, 0.5) is 0 Å². The predicted octanol–water partition coefficient (Wildman–Crippen LogP) is 4.03. The maximum Gasteiger partial charge on any atom is 0.122 e. The molecule has 1 aromatic carbocycles. The van der Waals surface area contributed by atoms with Gasteiger partial charge in [0, 0.05) is 5.48 Å². The van der Waals surface area contributed by atoms with Crippen LogP contribution >= 0.6 is 0 Å². The Balaban J connectivity index is 2.67. The summed E-state index contributed by atoms with van der Waals surface area (Å²) in [6.07, 6.45) is 1.58. The minimum absolute atomic E-state index is 0.0268. The van der Waals surface area contributed by atoms with E-state index in [0.29, 0.717) is 0 Å². The van der Waals surface area contributed by atoms with Crippen molar-refractivity contribution in [2.75, 3.05) is 0 Å². The van der Waals surface area contributed by atoms with Crippen molar-refractivity contribution in [2.24, 2.45) is 5.92 Å². The Bertz CT molecular complexity index is 554. The van der Waals surface area contributed by atoms with Gasteiger partial charge in [-0.15, -0.1) is 0 Å². The third-order valence-corrected chi connectivity index (χ3v) is 2.86. The molecular formula is C14H20O. The van der Waals surface area contributed by atoms with Crippen molar-refractivity contribution in [2.45, 2.75) is 45.4 Å². The summed E-state index contributed by atoms with van der Waals surface area (Å²) in [5.41, 5.74) is 0.216. The molecule has 0 amide bonds. The highest BCUT2D eigenvalue weighted by Crippen LogP contribution is 2.45. The van der Waals surface area contributed by atoms with Crippen molar-refractivity contribution in [3.8, 4) is 5.75 Å². The van der Waals surface area contributed by atoms with Gasteiger partial charge in [0.05, 0.1) is 2.74 Å². The molecule has 1 atom stereocenters. The third-order valence-electron chi connectivity index (χ3n) is 2.86. The maximum absolute atomic E-state index is 10.5. The lowest BCUT2D eigenvalue weighted by molar-refractivity contribution is 0.448. The zero-order valence-corrected chi connectivity index (χ0v) is 9.09. The summed E-state index contributed by atoms with van der Waals surface area (Å²) in [6, 6.07) is 0.923. The molecule has 0 spiro atoms. The van der Waals surface area contributed by atoms with Crippen LogP contribution in [0.1, 0.15) is 64.7 Å². The molecule has 0 unspecified atom stereocenters. The second kappa shape index (κ2) is 3.88. The van der Waals surface area contributed by atoms with E-state index in [9.17, 15) is 5.11 Å². The Kier molecular flexibility index (Phi) is 1.39. The molecule has 1 saturated carbocycles. The first-order valence-corrected chi connectivity index (χ1v) is 5.28. The monoisotopic (exact) mass is 210 g/mol. The van der Waals surface area contributed by atoms with Gasteiger partial charge in [-0.25, -0.2) is 0 Å². The minimum atomic E-state index is -2.27. The van der Waals surface area contributed by atoms with Crippen LogP contribution in [-0.2, 0) is 0 Å². The molecule has 1 heteroatoms. The quantitative estimate of drug-likeness (QED) is 0.798. The van der Waals surface area contributed by atoms with Gasteiger partial charge >= 0.3 is 0 Å². The molecule has 0 saturated heterocycles. The van der Waals surface area contributed by atoms with E-state index in [1.807, 2.05) is 0 Å². The highest BCUT2D eigenvalue weighted by Gasteiger charge is 2.30. The first kappa shape index (κ1) is 5.38. The molecule has 15 heavy (non-hydrogen) atoms. The van der Waals surface area contributed by atoms with Crippen LogP contribution in [0.25, 0.3) is 0 Å². The van der Waals surface area contributed by atoms with E-state index < -0.39 is 18.7 Å². The number of hydrogen-bond donors (Lipinski definition) is 1. The van der Waals surface area contributed by atoms with Crippen LogP contribution < -0.4 is 0 Å². The summed E-state index contributed by atoms with van der Waals surface area (Å²) in [4.78, 5) is 0. The van der Waals surface area contributed by atoms with Crippen LogP contribution in [0.15, 0.2) is 18.2 Å². The lowest BCUT2D eigenvalue weighted by Crippen LogP contribution is -1.99. The van der Waals surface area contributed by atoms with E-state index in [2.05, 4.69) is 0 Å². The van der Waals surface area contributed by atoms with E-state index in [1.54, 1.807) is 0 Å². The van der Waals surface area contributed by atoms with Crippen molar-refractivity contribution in [3.63, 3.8) is 0 Å². The van der Waals surface area contributed by atoms with E-state index in [1.165, 1.54) is 19.9 Å². The topological polar surface area (TPSA) is 20.2 Å². The lowest BCUT2D eigenvalue weighted by Gasteiger charge is -2.16. The Labute approximate surface area is 101 Å². The van der Waals surface area contributed by atoms with Crippen molar-refractivity contribution < 1.29 is 13.3 Å². The molecule has 1 aliphatic carbocycles. The fraction of sp³-hybridized carbons (Fsp3) is 0.571. The fourth-order valence-corrected chi connectivity index (χ4v) is 1.74. The zero-order valence-electron chi connectivity index (χ0n) is 15.1. The van der Waals surface area contributed by atoms with Crippen LogP contribution in [0, 0.1) is 5.92 Å². The van der Waals surface area contributed by atoms with Crippen molar-refractivity contribution >= 4 is 0 Å². The van der Waals surface area contributed by atoms with Gasteiger partial charge in [-0.2, -0.15) is 0 Å². The number of benzene rings is 1. The number of para-hydroxylation sites is 1. The lowest BCUT2D eigenvalue weighted by atomic mass is 9.90. The van der Waals surface area contributed by atoms with E-state index in [0.717, 1.165) is 12.8 Å². The standard InChI is InChI=1S/C14H20O/c1-9(2)12-5-4-6-13(14(12)15)10(3)11-7-8-11/h4-6,9-11,15H,7-8H2,1-3H3/t10-/m1/s1/i3D3,4D,5D,9D. The zero-order chi connectivity index (χ0) is 16.2. The van der Waals surface area contributed by atoms with Gasteiger partial charge in [-0.3, -0.25) is 0 Å². The van der Waals surface area contributed by atoms with Crippen LogP contribution in [-0.4, -0.2) is 5.11 Å². The van der Waals surface area contributed by atoms with Gasteiger partial charge in [0.15, 0.2) is 0 Å². The molecule has 1 aliphatic rings. The third kappa shape index (κ3) is 2.01. The normalized spacial score (nSPS) is 25.5. The number of phenols is 1. The molecule has 82 valence electrons. The second-order valence-electron chi connectivity index (χ2n) is 4.41. The van der Waals surface area contributed by atoms with Gasteiger partial charge in [0.25, 0.3) is 0 Å². The number of phenolic OH excluding ortho intramolecular Hbond substituents is 1. The van der Waals surface area contributed by atoms with Gasteiger partial charge in [-0.05, 0) is 41.7 Å². The maximum atomic E-state index is 10.5. The van der Waals surface area contributed by atoms with Crippen molar-refractivity contribution in [3.05, 3.63) is 29.3 Å². The predicted molar refractivity (Wildman–Crippen MR) is 63.3 cm³/mol. The van der Waals surface area contributed by atoms with Crippen molar-refractivity contribution in [1.29, 1.82) is 0 Å². The molecule has 0 heterocycles. The first-order valence-electron chi connectivity index (χ1n) is 8.28. The fourth-order valence-electron chi connectivity index (χ4n) is 1.74. The molecule has 0 bridgehead atoms. The summed E-state index contributed by atoms with van der Waals surface area (Å²) in [6.45, 7) is 0.771. The molecule has 1 aromatic rings. The Hall–Kier alpha value is -0.980. The SMILES string of the molecule is [2H]c1cc([C@@H](C2CC2)C([2H])([2H])[2H])c(O)c(C([2H])(C)C)c1[2H]. The largest absolute Gasteiger partial charge is 0.507 e. The Morgan fingerprint density at radius 2 is 2.27 bits per heavy atom. The van der Waals surface area contributed by atoms with Gasteiger partial charge in [0.2, 0.25) is 0 Å². The average molecular weight is 210 g/mol. The summed E-state index contributed by atoms with van der Waals surface area (Å²) in [5.74, 6) is -2.43. The van der Waals surface area contributed by atoms with E-state index in [-0.39, 0.29) is 34.9 Å². The molecular weight excluding hydrogens is 184 g/mol. The highest BCUT2D eigenvalue weighted by atomic mass is 16.3. The van der Waals surface area contributed by atoms with Crippen LogP contribution in [0.2, 0.25) is 0 Å². The van der Waals surface area contributed by atoms with Crippen LogP contribution in [0.3, 0.4) is 0 Å². The first-order chi connectivity index (χ1) is 9.44. The highest BCUT2D eigenvalue weighted by molar-refractivity contribution is 5.44. The van der Waals surface area contributed by atoms with Gasteiger partial charge < -0.3 is 5.11 Å². The molecule has 2 rings (SSSR count). The van der Waals surface area contributed by atoms with Crippen molar-refractivity contribution in [1.82, 2.24) is 0 Å². The summed E-state index contributed by atoms with van der Waals surface area (Å²) in [7, 11) is 0. The molecule has 0 aromatic heterocycles. The van der Waals surface area contributed by atoms with Gasteiger partial charge in [-0.1, -0.05) is 38.9 Å². The molecule has 0 radical (unpaired) electrons. The van der Waals surface area contributed by atoms with E-state index in [4.69, 9.17) is 8.22 Å².